The lowest BCUT2D eigenvalue weighted by Crippen LogP contribution is -2.40. The van der Waals surface area contributed by atoms with Gasteiger partial charge < -0.3 is 15.2 Å². The molecule has 1 amide bonds. The standard InChI is InChI=1S/C21H23NO4/c1-2-26-19-12-4-3-9-16(19)14-7-5-8-15(13-14)20(23)22-18-11-6-10-17(18)21(24)25/h3-5,7-9,12-13,17-18H,2,6,10-11H2,1H3,(H,22,23)(H,24,25)/t17-,18+/m0/s1. The van der Waals surface area contributed by atoms with E-state index in [-0.39, 0.29) is 11.9 Å². The lowest BCUT2D eigenvalue weighted by atomic mass is 10.0. The molecule has 0 bridgehead atoms. The molecule has 1 aliphatic rings. The Morgan fingerprint density at radius 1 is 1.15 bits per heavy atom. The van der Waals surface area contributed by atoms with Gasteiger partial charge in [0.2, 0.25) is 0 Å². The maximum absolute atomic E-state index is 12.6. The van der Waals surface area contributed by atoms with Crippen molar-refractivity contribution in [2.45, 2.75) is 32.2 Å². The van der Waals surface area contributed by atoms with Crippen molar-refractivity contribution in [2.24, 2.45) is 5.92 Å². The molecule has 0 unspecified atom stereocenters. The summed E-state index contributed by atoms with van der Waals surface area (Å²) in [5.74, 6) is -0.804. The molecule has 1 aliphatic carbocycles. The Hall–Kier alpha value is -2.82. The summed E-state index contributed by atoms with van der Waals surface area (Å²) in [5.41, 5.74) is 2.33. The minimum absolute atomic E-state index is 0.237. The number of hydrogen-bond acceptors (Lipinski definition) is 3. The average molecular weight is 353 g/mol. The summed E-state index contributed by atoms with van der Waals surface area (Å²) in [7, 11) is 0. The van der Waals surface area contributed by atoms with Gasteiger partial charge in [-0.2, -0.15) is 0 Å². The van der Waals surface area contributed by atoms with E-state index in [9.17, 15) is 14.7 Å². The number of carbonyl (C=O) groups is 2. The molecule has 136 valence electrons. The number of carbonyl (C=O) groups excluding carboxylic acids is 1. The maximum atomic E-state index is 12.6. The van der Waals surface area contributed by atoms with E-state index in [1.807, 2.05) is 49.4 Å². The van der Waals surface area contributed by atoms with E-state index < -0.39 is 11.9 Å². The van der Waals surface area contributed by atoms with Crippen molar-refractivity contribution in [1.29, 1.82) is 0 Å². The van der Waals surface area contributed by atoms with Gasteiger partial charge in [0.05, 0.1) is 12.5 Å². The molecule has 0 aromatic heterocycles. The Morgan fingerprint density at radius 2 is 1.96 bits per heavy atom. The van der Waals surface area contributed by atoms with E-state index in [0.29, 0.717) is 25.0 Å². The zero-order chi connectivity index (χ0) is 18.5. The lowest BCUT2D eigenvalue weighted by Gasteiger charge is -2.18. The summed E-state index contributed by atoms with van der Waals surface area (Å²) in [6.45, 7) is 2.50. The van der Waals surface area contributed by atoms with E-state index >= 15 is 0 Å². The molecule has 5 nitrogen and oxygen atoms in total. The first-order valence-corrected chi connectivity index (χ1v) is 8.96. The van der Waals surface area contributed by atoms with Crippen LogP contribution < -0.4 is 10.1 Å². The van der Waals surface area contributed by atoms with E-state index in [0.717, 1.165) is 23.3 Å². The van der Waals surface area contributed by atoms with Crippen LogP contribution in [0.1, 0.15) is 36.5 Å². The van der Waals surface area contributed by atoms with E-state index in [2.05, 4.69) is 5.32 Å². The topological polar surface area (TPSA) is 75.6 Å². The highest BCUT2D eigenvalue weighted by Gasteiger charge is 2.34. The molecular weight excluding hydrogens is 330 g/mol. The molecule has 0 aliphatic heterocycles. The Morgan fingerprint density at radius 3 is 2.73 bits per heavy atom. The molecule has 0 saturated heterocycles. The number of rotatable bonds is 6. The minimum atomic E-state index is -0.841. The van der Waals surface area contributed by atoms with Crippen LogP contribution in [0.5, 0.6) is 5.75 Å². The van der Waals surface area contributed by atoms with Gasteiger partial charge in [0.15, 0.2) is 0 Å². The van der Waals surface area contributed by atoms with Gasteiger partial charge in [-0.1, -0.05) is 36.8 Å². The van der Waals surface area contributed by atoms with Crippen LogP contribution in [-0.4, -0.2) is 29.6 Å². The highest BCUT2D eigenvalue weighted by atomic mass is 16.5. The van der Waals surface area contributed by atoms with Crippen LogP contribution in [0.2, 0.25) is 0 Å². The number of aliphatic carboxylic acids is 1. The average Bonchev–Trinajstić information content (AvgIpc) is 3.11. The molecule has 0 radical (unpaired) electrons. The van der Waals surface area contributed by atoms with E-state index in [1.54, 1.807) is 6.07 Å². The summed E-state index contributed by atoms with van der Waals surface area (Å²) >= 11 is 0. The molecule has 5 heteroatoms. The number of carboxylic acid groups (broad SMARTS) is 1. The fraction of sp³-hybridized carbons (Fsp3) is 0.333. The van der Waals surface area contributed by atoms with Crippen LogP contribution in [0.15, 0.2) is 48.5 Å². The maximum Gasteiger partial charge on any atom is 0.308 e. The summed E-state index contributed by atoms with van der Waals surface area (Å²) in [5, 5.41) is 12.2. The number of ether oxygens (including phenoxy) is 1. The van der Waals surface area contributed by atoms with Crippen LogP contribution in [0, 0.1) is 5.92 Å². The molecule has 26 heavy (non-hydrogen) atoms. The highest BCUT2D eigenvalue weighted by molar-refractivity contribution is 5.96. The molecular formula is C21H23NO4. The fourth-order valence-electron chi connectivity index (χ4n) is 3.49. The Balaban J connectivity index is 1.81. The normalized spacial score (nSPS) is 19.1. The first kappa shape index (κ1) is 18.0. The first-order chi connectivity index (χ1) is 12.6. The van der Waals surface area contributed by atoms with Gasteiger partial charge in [0, 0.05) is 17.2 Å². The highest BCUT2D eigenvalue weighted by Crippen LogP contribution is 2.31. The summed E-state index contributed by atoms with van der Waals surface area (Å²) in [4.78, 5) is 23.9. The van der Waals surface area contributed by atoms with Gasteiger partial charge in [-0.3, -0.25) is 9.59 Å². The summed E-state index contributed by atoms with van der Waals surface area (Å²) in [6, 6.07) is 14.7. The molecule has 2 aromatic rings. The third kappa shape index (κ3) is 3.87. The molecule has 1 saturated carbocycles. The number of carboxylic acids is 1. The van der Waals surface area contributed by atoms with Gasteiger partial charge in [-0.25, -0.2) is 0 Å². The van der Waals surface area contributed by atoms with Gasteiger partial charge in [0.1, 0.15) is 5.75 Å². The fourth-order valence-corrected chi connectivity index (χ4v) is 3.49. The van der Waals surface area contributed by atoms with Crippen LogP contribution >= 0.6 is 0 Å². The molecule has 0 spiro atoms. The SMILES string of the molecule is CCOc1ccccc1-c1cccc(C(=O)N[C@@H]2CCC[C@@H]2C(=O)O)c1. The van der Waals surface area contributed by atoms with E-state index in [1.165, 1.54) is 0 Å². The molecule has 2 N–H and O–H groups in total. The van der Waals surface area contributed by atoms with Crippen molar-refractivity contribution in [1.82, 2.24) is 5.32 Å². The van der Waals surface area contributed by atoms with Crippen LogP contribution in [0.3, 0.4) is 0 Å². The third-order valence-electron chi connectivity index (χ3n) is 4.77. The zero-order valence-corrected chi connectivity index (χ0v) is 14.8. The van der Waals surface area contributed by atoms with Gasteiger partial charge in [-0.15, -0.1) is 0 Å². The first-order valence-electron chi connectivity index (χ1n) is 8.96. The molecule has 3 rings (SSSR count). The lowest BCUT2D eigenvalue weighted by molar-refractivity contribution is -0.142. The smallest absolute Gasteiger partial charge is 0.308 e. The summed E-state index contributed by atoms with van der Waals surface area (Å²) < 4.78 is 5.67. The second kappa shape index (κ2) is 8.04. The van der Waals surface area contributed by atoms with Crippen molar-refractivity contribution in [3.8, 4) is 16.9 Å². The number of nitrogens with one attached hydrogen (secondary N) is 1. The number of amides is 1. The van der Waals surface area contributed by atoms with Gasteiger partial charge in [-0.05, 0) is 43.5 Å². The second-order valence-corrected chi connectivity index (χ2v) is 6.47. The van der Waals surface area contributed by atoms with Gasteiger partial charge in [0.25, 0.3) is 5.91 Å². The molecule has 2 aromatic carbocycles. The van der Waals surface area contributed by atoms with Gasteiger partial charge >= 0.3 is 5.97 Å². The van der Waals surface area contributed by atoms with Crippen molar-refractivity contribution in [3.63, 3.8) is 0 Å². The monoisotopic (exact) mass is 353 g/mol. The molecule has 0 heterocycles. The quantitative estimate of drug-likeness (QED) is 0.830. The molecule has 1 fully saturated rings. The van der Waals surface area contributed by atoms with Crippen molar-refractivity contribution >= 4 is 11.9 Å². The predicted molar refractivity (Wildman–Crippen MR) is 99.3 cm³/mol. The van der Waals surface area contributed by atoms with Crippen molar-refractivity contribution < 1.29 is 19.4 Å². The number of hydrogen-bond donors (Lipinski definition) is 2. The van der Waals surface area contributed by atoms with E-state index in [4.69, 9.17) is 4.74 Å². The predicted octanol–water partition coefficient (Wildman–Crippen LogP) is 3.74. The Labute approximate surface area is 153 Å². The van der Waals surface area contributed by atoms with Crippen molar-refractivity contribution in [2.75, 3.05) is 6.61 Å². The van der Waals surface area contributed by atoms with Crippen LogP contribution in [0.25, 0.3) is 11.1 Å². The third-order valence-corrected chi connectivity index (χ3v) is 4.77. The number of para-hydroxylation sites is 1. The Kier molecular flexibility index (Phi) is 5.56. The number of benzene rings is 2. The largest absolute Gasteiger partial charge is 0.493 e. The summed E-state index contributed by atoms with van der Waals surface area (Å²) in [6.07, 6.45) is 2.14. The van der Waals surface area contributed by atoms with Crippen molar-refractivity contribution in [3.05, 3.63) is 54.1 Å². The zero-order valence-electron chi connectivity index (χ0n) is 14.8. The molecule has 2 atom stereocenters. The minimum Gasteiger partial charge on any atom is -0.493 e. The Bertz CT molecular complexity index is 802. The van der Waals surface area contributed by atoms with Crippen LogP contribution in [-0.2, 0) is 4.79 Å². The second-order valence-electron chi connectivity index (χ2n) is 6.47. The van der Waals surface area contributed by atoms with Crippen LogP contribution in [0.4, 0.5) is 0 Å².